The first-order valence-electron chi connectivity index (χ1n) is 5.80. The van der Waals surface area contributed by atoms with Crippen LogP contribution in [0.4, 0.5) is 0 Å². The van der Waals surface area contributed by atoms with Crippen LogP contribution in [0.2, 0.25) is 0 Å². The van der Waals surface area contributed by atoms with Gasteiger partial charge < -0.3 is 9.88 Å². The summed E-state index contributed by atoms with van der Waals surface area (Å²) in [6.45, 7) is 3.27. The zero-order chi connectivity index (χ0) is 11.5. The molecule has 3 heteroatoms. The molecule has 16 heavy (non-hydrogen) atoms. The maximum atomic E-state index is 4.21. The van der Waals surface area contributed by atoms with E-state index < -0.39 is 0 Å². The molecule has 2 aromatic rings. The van der Waals surface area contributed by atoms with Crippen molar-refractivity contribution in [1.82, 2.24) is 14.9 Å². The molecule has 0 saturated heterocycles. The predicted octanol–water partition coefficient (Wildman–Crippen LogP) is 2.23. The lowest BCUT2D eigenvalue weighted by Gasteiger charge is -2.09. The van der Waals surface area contributed by atoms with Gasteiger partial charge in [0.15, 0.2) is 0 Å². The lowest BCUT2D eigenvalue weighted by Crippen LogP contribution is -2.15. The predicted molar refractivity (Wildman–Crippen MR) is 67.7 cm³/mol. The topological polar surface area (TPSA) is 31.9 Å². The summed E-state index contributed by atoms with van der Waals surface area (Å²) in [7, 11) is 4.22. The molecule has 0 aliphatic carbocycles. The highest BCUT2D eigenvalue weighted by atomic mass is 15.0. The second kappa shape index (κ2) is 4.66. The van der Waals surface area contributed by atoms with Gasteiger partial charge in [-0.15, -0.1) is 0 Å². The molecule has 0 atom stereocenters. The van der Waals surface area contributed by atoms with Crippen molar-refractivity contribution >= 4 is 10.9 Å². The van der Waals surface area contributed by atoms with Gasteiger partial charge in [0.05, 0.1) is 0 Å². The third kappa shape index (κ3) is 2.09. The van der Waals surface area contributed by atoms with E-state index in [1.165, 1.54) is 22.2 Å². The number of nitrogens with zero attached hydrogens (tertiary/aromatic N) is 2. The number of aromatic nitrogens is 2. The number of likely N-dealkylation sites (N-methyl/N-ethyl adjacent to an activating group) is 1. The fourth-order valence-corrected chi connectivity index (χ4v) is 2.07. The van der Waals surface area contributed by atoms with Crippen molar-refractivity contribution in [3.63, 3.8) is 0 Å². The standard InChI is InChI=1S/C13H19N3/c1-4-12-10(6-8-16(2)3)11-9-14-7-5-13(11)15-12/h5,7,9,15H,4,6,8H2,1-3H3. The summed E-state index contributed by atoms with van der Waals surface area (Å²) in [6, 6.07) is 2.05. The van der Waals surface area contributed by atoms with Crippen LogP contribution in [0, 0.1) is 0 Å². The van der Waals surface area contributed by atoms with Crippen LogP contribution >= 0.6 is 0 Å². The van der Waals surface area contributed by atoms with Crippen LogP contribution in [0.3, 0.4) is 0 Å². The van der Waals surface area contributed by atoms with E-state index in [0.29, 0.717) is 0 Å². The van der Waals surface area contributed by atoms with Gasteiger partial charge >= 0.3 is 0 Å². The van der Waals surface area contributed by atoms with Crippen molar-refractivity contribution < 1.29 is 0 Å². The first-order chi connectivity index (χ1) is 7.72. The summed E-state index contributed by atoms with van der Waals surface area (Å²) in [5.41, 5.74) is 3.99. The minimum atomic E-state index is 1.05. The third-order valence-corrected chi connectivity index (χ3v) is 2.96. The molecule has 0 aliphatic heterocycles. The van der Waals surface area contributed by atoms with Crippen molar-refractivity contribution in [3.05, 3.63) is 29.7 Å². The zero-order valence-electron chi connectivity index (χ0n) is 10.2. The number of pyridine rings is 1. The van der Waals surface area contributed by atoms with Crippen LogP contribution < -0.4 is 0 Å². The van der Waals surface area contributed by atoms with Gasteiger partial charge in [0.1, 0.15) is 0 Å². The van der Waals surface area contributed by atoms with Gasteiger partial charge in [-0.1, -0.05) is 6.92 Å². The zero-order valence-corrected chi connectivity index (χ0v) is 10.2. The maximum absolute atomic E-state index is 4.21. The monoisotopic (exact) mass is 217 g/mol. The average molecular weight is 217 g/mol. The average Bonchev–Trinajstić information content (AvgIpc) is 2.64. The molecule has 0 saturated carbocycles. The minimum absolute atomic E-state index is 1.05. The number of fused-ring (bicyclic) bond motifs is 1. The number of hydrogen-bond acceptors (Lipinski definition) is 2. The number of rotatable bonds is 4. The fraction of sp³-hybridized carbons (Fsp3) is 0.462. The quantitative estimate of drug-likeness (QED) is 0.851. The van der Waals surface area contributed by atoms with Gasteiger partial charge in [-0.25, -0.2) is 0 Å². The Balaban J connectivity index is 2.39. The first-order valence-corrected chi connectivity index (χ1v) is 5.80. The summed E-state index contributed by atoms with van der Waals surface area (Å²) in [5.74, 6) is 0. The van der Waals surface area contributed by atoms with Crippen molar-refractivity contribution in [2.75, 3.05) is 20.6 Å². The third-order valence-electron chi connectivity index (χ3n) is 2.96. The summed E-state index contributed by atoms with van der Waals surface area (Å²) in [4.78, 5) is 9.91. The lowest BCUT2D eigenvalue weighted by atomic mass is 10.1. The number of hydrogen-bond donors (Lipinski definition) is 1. The number of nitrogens with one attached hydrogen (secondary N) is 1. The Kier molecular flexibility index (Phi) is 3.25. The van der Waals surface area contributed by atoms with Gasteiger partial charge in [0, 0.05) is 35.5 Å². The number of aromatic amines is 1. The molecule has 3 nitrogen and oxygen atoms in total. The Morgan fingerprint density at radius 1 is 1.38 bits per heavy atom. The van der Waals surface area contributed by atoms with E-state index >= 15 is 0 Å². The highest BCUT2D eigenvalue weighted by molar-refractivity contribution is 5.83. The van der Waals surface area contributed by atoms with Gasteiger partial charge in [0.25, 0.3) is 0 Å². The minimum Gasteiger partial charge on any atom is -0.358 e. The molecule has 0 spiro atoms. The molecule has 2 heterocycles. The van der Waals surface area contributed by atoms with E-state index in [1.807, 2.05) is 18.5 Å². The van der Waals surface area contributed by atoms with E-state index in [4.69, 9.17) is 0 Å². The Morgan fingerprint density at radius 2 is 2.19 bits per heavy atom. The van der Waals surface area contributed by atoms with Crippen molar-refractivity contribution in [2.45, 2.75) is 19.8 Å². The van der Waals surface area contributed by atoms with Gasteiger partial charge in [0.2, 0.25) is 0 Å². The van der Waals surface area contributed by atoms with E-state index in [2.05, 4.69) is 35.9 Å². The van der Waals surface area contributed by atoms with Crippen LogP contribution in [0.1, 0.15) is 18.2 Å². The molecule has 0 amide bonds. The van der Waals surface area contributed by atoms with Crippen LogP contribution in [0.5, 0.6) is 0 Å². The molecule has 1 N–H and O–H groups in total. The Bertz CT molecular complexity index is 471. The van der Waals surface area contributed by atoms with Crippen molar-refractivity contribution in [3.8, 4) is 0 Å². The van der Waals surface area contributed by atoms with Crippen LogP contribution in [0.15, 0.2) is 18.5 Å². The Morgan fingerprint density at radius 3 is 2.88 bits per heavy atom. The summed E-state index contributed by atoms with van der Waals surface area (Å²) >= 11 is 0. The largest absolute Gasteiger partial charge is 0.358 e. The molecule has 0 unspecified atom stereocenters. The lowest BCUT2D eigenvalue weighted by molar-refractivity contribution is 0.413. The SMILES string of the molecule is CCc1[nH]c2ccncc2c1CCN(C)C. The summed E-state index contributed by atoms with van der Waals surface area (Å²) in [6.07, 6.45) is 5.95. The Labute approximate surface area is 96.5 Å². The molecule has 86 valence electrons. The highest BCUT2D eigenvalue weighted by Gasteiger charge is 2.09. The van der Waals surface area contributed by atoms with E-state index in [-0.39, 0.29) is 0 Å². The van der Waals surface area contributed by atoms with Crippen LogP contribution in [-0.4, -0.2) is 35.5 Å². The Hall–Kier alpha value is -1.35. The van der Waals surface area contributed by atoms with E-state index in [1.54, 1.807) is 0 Å². The molecular weight excluding hydrogens is 198 g/mol. The molecular formula is C13H19N3. The highest BCUT2D eigenvalue weighted by Crippen LogP contribution is 2.22. The normalized spacial score (nSPS) is 11.5. The first kappa shape index (κ1) is 11.1. The number of aryl methyl sites for hydroxylation is 1. The molecule has 2 rings (SSSR count). The van der Waals surface area contributed by atoms with Gasteiger partial charge in [-0.3, -0.25) is 4.98 Å². The van der Waals surface area contributed by atoms with Crippen molar-refractivity contribution in [2.24, 2.45) is 0 Å². The van der Waals surface area contributed by atoms with E-state index in [0.717, 1.165) is 19.4 Å². The number of H-pyrrole nitrogens is 1. The molecule has 0 radical (unpaired) electrons. The molecule has 0 aromatic carbocycles. The van der Waals surface area contributed by atoms with Crippen LogP contribution in [-0.2, 0) is 12.8 Å². The summed E-state index contributed by atoms with van der Waals surface area (Å²) in [5, 5.41) is 1.28. The maximum Gasteiger partial charge on any atom is 0.0490 e. The second-order valence-corrected chi connectivity index (χ2v) is 4.41. The van der Waals surface area contributed by atoms with Crippen molar-refractivity contribution in [1.29, 1.82) is 0 Å². The van der Waals surface area contributed by atoms with Gasteiger partial charge in [-0.05, 0) is 38.6 Å². The molecule has 0 aliphatic rings. The van der Waals surface area contributed by atoms with Crippen LogP contribution in [0.25, 0.3) is 10.9 Å². The van der Waals surface area contributed by atoms with E-state index in [9.17, 15) is 0 Å². The fourth-order valence-electron chi connectivity index (χ4n) is 2.07. The molecule has 0 bridgehead atoms. The van der Waals surface area contributed by atoms with Gasteiger partial charge in [-0.2, -0.15) is 0 Å². The second-order valence-electron chi connectivity index (χ2n) is 4.41. The summed E-state index contributed by atoms with van der Waals surface area (Å²) < 4.78 is 0. The molecule has 0 fully saturated rings. The molecule has 2 aromatic heterocycles. The smallest absolute Gasteiger partial charge is 0.0490 e.